The van der Waals surface area contributed by atoms with Crippen LogP contribution in [0.3, 0.4) is 0 Å². The van der Waals surface area contributed by atoms with Crippen molar-refractivity contribution in [3.63, 3.8) is 0 Å². The van der Waals surface area contributed by atoms with E-state index in [9.17, 15) is 0 Å². The van der Waals surface area contributed by atoms with Crippen LogP contribution in [0.2, 0.25) is 0 Å². The quantitative estimate of drug-likeness (QED) is 0.123. The number of para-hydroxylation sites is 3. The minimum absolute atomic E-state index is 0. The van der Waals surface area contributed by atoms with Gasteiger partial charge in [0, 0.05) is 55.8 Å². The van der Waals surface area contributed by atoms with Crippen molar-refractivity contribution in [3.05, 3.63) is 162 Å². The van der Waals surface area contributed by atoms with E-state index in [0.717, 1.165) is 50.3 Å². The number of hydrogen-bond acceptors (Lipinski definition) is 3. The third kappa shape index (κ3) is 6.91. The summed E-state index contributed by atoms with van der Waals surface area (Å²) < 4.78 is 63.0. The predicted octanol–water partition coefficient (Wildman–Crippen LogP) is 12.7. The average Bonchev–Trinajstić information content (AvgIpc) is 3.78. The van der Waals surface area contributed by atoms with Crippen LogP contribution in [-0.4, -0.2) is 20.5 Å². The Morgan fingerprint density at radius 3 is 2.09 bits per heavy atom. The van der Waals surface area contributed by atoms with E-state index in [0.29, 0.717) is 28.4 Å². The first kappa shape index (κ1) is 32.1. The van der Waals surface area contributed by atoms with Gasteiger partial charge in [0.2, 0.25) is 5.69 Å². The van der Waals surface area contributed by atoms with E-state index in [4.69, 9.17) is 22.9 Å². The molecule has 3 aromatic heterocycles. The van der Waals surface area contributed by atoms with Crippen molar-refractivity contribution in [2.75, 3.05) is 0 Å². The maximum atomic E-state index is 8.41. The fraction of sp³-hybridized carbons (Fsp3) is 0.196. The first-order valence-electron chi connectivity index (χ1n) is 22.0. The third-order valence-corrected chi connectivity index (χ3v) is 10.4. The number of fused-ring (bicyclic) bond motifs is 4. The van der Waals surface area contributed by atoms with Crippen LogP contribution in [-0.2, 0) is 31.9 Å². The Hall–Kier alpha value is -5.93. The van der Waals surface area contributed by atoms with Gasteiger partial charge < -0.3 is 9.30 Å². The van der Waals surface area contributed by atoms with Crippen LogP contribution < -0.4 is 13.9 Å². The van der Waals surface area contributed by atoms with Crippen molar-refractivity contribution in [2.24, 2.45) is 0 Å². The van der Waals surface area contributed by atoms with E-state index in [1.165, 1.54) is 18.2 Å². The van der Waals surface area contributed by atoms with Crippen molar-refractivity contribution >= 4 is 50.7 Å². The third-order valence-electron chi connectivity index (χ3n) is 10.4. The van der Waals surface area contributed by atoms with Gasteiger partial charge in [-0.25, -0.2) is 4.98 Å². The summed E-state index contributed by atoms with van der Waals surface area (Å²) in [6, 6.07) is 46.2. The zero-order valence-electron chi connectivity index (χ0n) is 39.1. The maximum Gasteiger partial charge on any atom is 2.00 e. The van der Waals surface area contributed by atoms with Crippen LogP contribution in [0.5, 0.6) is 11.5 Å². The van der Waals surface area contributed by atoms with Crippen LogP contribution >= 0.6 is 0 Å². The Morgan fingerprint density at radius 1 is 0.655 bits per heavy atom. The zero-order valence-corrected chi connectivity index (χ0v) is 35.4. The van der Waals surface area contributed by atoms with E-state index in [1.54, 1.807) is 18.3 Å². The van der Waals surface area contributed by atoms with Crippen molar-refractivity contribution < 1.29 is 34.0 Å². The molecule has 4 heterocycles. The van der Waals surface area contributed by atoms with Gasteiger partial charge in [0.1, 0.15) is 11.5 Å². The fourth-order valence-corrected chi connectivity index (χ4v) is 7.44. The molecule has 0 N–H and O–H groups in total. The van der Waals surface area contributed by atoms with Crippen LogP contribution in [0, 0.1) is 25.8 Å². The van der Waals surface area contributed by atoms with Gasteiger partial charge in [-0.1, -0.05) is 112 Å². The molecule has 0 saturated carbocycles. The summed E-state index contributed by atoms with van der Waals surface area (Å²) >= 11 is 0. The van der Waals surface area contributed by atoms with Crippen LogP contribution in [0.1, 0.15) is 72.0 Å². The molecule has 1 aliphatic heterocycles. The number of rotatable bonds is 6. The summed E-state index contributed by atoms with van der Waals surface area (Å²) in [7, 11) is 0. The summed E-state index contributed by atoms with van der Waals surface area (Å²) in [4.78, 5) is 9.56. The first-order valence-corrected chi connectivity index (χ1v) is 19.0. The normalized spacial score (nSPS) is 14.6. The Morgan fingerprint density at radius 2 is 1.36 bits per heavy atom. The molecule has 7 heteroatoms. The summed E-state index contributed by atoms with van der Waals surface area (Å²) in [5, 5.41) is 0.916. The Balaban J connectivity index is 0.00000560. The van der Waals surface area contributed by atoms with Gasteiger partial charge in [-0.3, -0.25) is 4.98 Å². The van der Waals surface area contributed by atoms with Crippen molar-refractivity contribution in [3.8, 4) is 28.4 Å². The second-order valence-electron chi connectivity index (χ2n) is 16.4. The smallest absolute Gasteiger partial charge is 0.509 e. The van der Waals surface area contributed by atoms with Gasteiger partial charge in [0.25, 0.3) is 11.4 Å². The first-order chi connectivity index (χ1) is 29.8. The van der Waals surface area contributed by atoms with Gasteiger partial charge in [-0.2, -0.15) is 6.07 Å². The Bertz CT molecular complexity index is 3170. The molecule has 0 amide bonds. The molecule has 0 saturated heterocycles. The van der Waals surface area contributed by atoms with Crippen molar-refractivity contribution in [1.82, 2.24) is 23.7 Å². The number of hydrogen-bond donors (Lipinski definition) is 0. The van der Waals surface area contributed by atoms with Gasteiger partial charge >= 0.3 is 27.1 Å². The summed E-state index contributed by atoms with van der Waals surface area (Å²) in [6.07, 6.45) is 3.63. The number of aryl methyl sites for hydroxylation is 2. The van der Waals surface area contributed by atoms with Gasteiger partial charge in [-0.15, -0.1) is 23.8 Å². The molecule has 0 aliphatic carbocycles. The van der Waals surface area contributed by atoms with E-state index in [2.05, 4.69) is 76.4 Å². The molecule has 1 aliphatic rings. The molecule has 0 unspecified atom stereocenters. The number of ether oxygens (including phenoxy) is 1. The largest absolute Gasteiger partial charge is 2.00 e. The molecule has 0 radical (unpaired) electrons. The second kappa shape index (κ2) is 14.8. The van der Waals surface area contributed by atoms with E-state index in [-0.39, 0.29) is 48.6 Å². The molecule has 6 nitrogen and oxygen atoms in total. The van der Waals surface area contributed by atoms with E-state index < -0.39 is 13.7 Å². The van der Waals surface area contributed by atoms with Gasteiger partial charge in [0.05, 0.1) is 11.1 Å². The molecule has 0 spiro atoms. The fourth-order valence-electron chi connectivity index (χ4n) is 7.44. The second-order valence-corrected chi connectivity index (χ2v) is 16.4. The van der Waals surface area contributed by atoms with Gasteiger partial charge in [-0.05, 0) is 81.7 Å². The van der Waals surface area contributed by atoms with E-state index >= 15 is 0 Å². The Kier molecular flexibility index (Phi) is 8.17. The SMILES string of the molecule is [2H]C([2H])([2H])c1cccc(C([2H])([2H])[2H])c1-c1ccccc1[N+]1=C=[N+](c2[c-]c(Oc3[c-]c4c(cc3)c3ncccc3n4-c3cc(C(C)(C)C)ccn3)cc(C(C)(C)C)c2)c2ccccc21.[Pt+2]. The molecule has 288 valence electrons. The van der Waals surface area contributed by atoms with Crippen LogP contribution in [0.25, 0.3) is 38.9 Å². The summed E-state index contributed by atoms with van der Waals surface area (Å²) in [5.41, 5.74) is 7.57. The average molecular weight is 945 g/mol. The van der Waals surface area contributed by atoms with Crippen LogP contribution in [0.15, 0.2) is 128 Å². The topological polar surface area (TPSA) is 46.0 Å². The molecule has 0 atom stereocenters. The van der Waals surface area contributed by atoms with Crippen molar-refractivity contribution in [2.45, 2.75) is 66.1 Å². The molecule has 0 fully saturated rings. The van der Waals surface area contributed by atoms with Crippen molar-refractivity contribution in [1.29, 1.82) is 0 Å². The minimum Gasteiger partial charge on any atom is -0.509 e. The predicted molar refractivity (Wildman–Crippen MR) is 234 cm³/mol. The Labute approximate surface area is 363 Å². The van der Waals surface area contributed by atoms with Crippen LogP contribution in [0.4, 0.5) is 22.7 Å². The number of nitrogens with zero attached hydrogens (tertiary/aromatic N) is 5. The molecule has 9 rings (SSSR count). The monoisotopic (exact) mass is 944 g/mol. The molecule has 0 bridgehead atoms. The maximum absolute atomic E-state index is 8.41. The minimum atomic E-state index is -2.57. The summed E-state index contributed by atoms with van der Waals surface area (Å²) in [5.74, 6) is 1.71. The number of pyridine rings is 2. The molecular weight excluding hydrogens is 894 g/mol. The summed E-state index contributed by atoms with van der Waals surface area (Å²) in [6.45, 7) is 7.80. The molecule has 58 heavy (non-hydrogen) atoms. The zero-order chi connectivity index (χ0) is 44.6. The number of aromatic nitrogens is 3. The standard InChI is InChI=1S/C51H45N5O.Pt/c1-33-15-13-16-34(2)48(33)40-17-9-10-18-42(40)55-32-54(43-19-11-12-20-44(43)55)37-27-36(51(6,7)8)28-39(30-37)57-38-22-23-41-46(31-38)56(45-21-14-25-53-49(41)45)47-29-35(24-26-52-47)50(3,4)5;/h9-29H,1-8H3;/q;+2/i1D3,2D3;. The molecule has 5 aromatic carbocycles. The molecular formula is C51H45N5OPt+2. The van der Waals surface area contributed by atoms with Gasteiger partial charge in [0.15, 0.2) is 0 Å². The number of benzene rings is 5. The van der Waals surface area contributed by atoms with E-state index in [1.807, 2.05) is 88.1 Å². The molecule has 8 aromatic rings.